The van der Waals surface area contributed by atoms with Crippen LogP contribution in [0.15, 0.2) is 47.1 Å². The van der Waals surface area contributed by atoms with Gasteiger partial charge in [-0.25, -0.2) is 4.98 Å². The summed E-state index contributed by atoms with van der Waals surface area (Å²) in [5.41, 5.74) is 2.49. The van der Waals surface area contributed by atoms with Crippen LogP contribution in [-0.4, -0.2) is 56.4 Å². The quantitative estimate of drug-likeness (QED) is 0.292. The fourth-order valence-electron chi connectivity index (χ4n) is 4.74. The number of carbonyl (C=O) groups excluding carboxylic acids is 2. The fraction of sp³-hybridized carbons (Fsp3) is 0.370. The molecule has 1 saturated heterocycles. The van der Waals surface area contributed by atoms with Crippen molar-refractivity contribution in [3.63, 3.8) is 0 Å². The van der Waals surface area contributed by atoms with Crippen molar-refractivity contribution in [3.8, 4) is 11.1 Å². The maximum Gasteiger partial charge on any atom is 0.273 e. The van der Waals surface area contributed by atoms with Gasteiger partial charge in [-0.2, -0.15) is 5.10 Å². The second-order valence-corrected chi connectivity index (χ2v) is 10.2. The Morgan fingerprint density at radius 1 is 1.24 bits per heavy atom. The van der Waals surface area contributed by atoms with Gasteiger partial charge in [0.1, 0.15) is 5.60 Å². The number of pyridine rings is 1. The molecule has 5 rings (SSSR count). The van der Waals surface area contributed by atoms with Crippen LogP contribution in [0.1, 0.15) is 62.0 Å². The summed E-state index contributed by atoms with van der Waals surface area (Å²) in [4.78, 5) is 30.8. The fourth-order valence-corrected chi connectivity index (χ4v) is 4.74. The van der Waals surface area contributed by atoms with E-state index in [9.17, 15) is 14.7 Å². The Morgan fingerprint density at radius 2 is 2.00 bits per heavy atom. The van der Waals surface area contributed by atoms with Gasteiger partial charge in [0.15, 0.2) is 22.9 Å². The molecule has 0 spiro atoms. The molecule has 0 bridgehead atoms. The van der Waals surface area contributed by atoms with Crippen LogP contribution in [0.5, 0.6) is 0 Å². The number of benzene rings is 1. The van der Waals surface area contributed by atoms with E-state index in [2.05, 4.69) is 35.9 Å². The number of aliphatic hydroxyl groups is 1. The minimum absolute atomic E-state index is 0.0310. The van der Waals surface area contributed by atoms with Gasteiger partial charge in [-0.1, -0.05) is 29.4 Å². The zero-order chi connectivity index (χ0) is 27.0. The van der Waals surface area contributed by atoms with Gasteiger partial charge in [0, 0.05) is 38.3 Å². The minimum Gasteiger partial charge on any atom is -0.382 e. The third-order valence-electron chi connectivity index (χ3n) is 6.75. The highest BCUT2D eigenvalue weighted by Crippen LogP contribution is 2.35. The Hall–Kier alpha value is -4.25. The number of hydrogen-bond acceptors (Lipinski definition) is 8. The largest absolute Gasteiger partial charge is 0.382 e. The van der Waals surface area contributed by atoms with Crippen molar-refractivity contribution >= 4 is 28.7 Å². The molecule has 2 amide bonds. The third kappa shape index (κ3) is 5.10. The molecule has 1 fully saturated rings. The molecule has 4 aromatic rings. The van der Waals surface area contributed by atoms with Crippen molar-refractivity contribution < 1.29 is 19.2 Å². The van der Waals surface area contributed by atoms with E-state index >= 15 is 0 Å². The van der Waals surface area contributed by atoms with Crippen molar-refractivity contribution in [1.82, 2.24) is 31.0 Å². The molecule has 38 heavy (non-hydrogen) atoms. The summed E-state index contributed by atoms with van der Waals surface area (Å²) in [5.74, 6) is 0.625. The summed E-state index contributed by atoms with van der Waals surface area (Å²) in [6.45, 7) is 8.03. The highest BCUT2D eigenvalue weighted by atomic mass is 16.5. The molecule has 1 aromatic carbocycles. The molecular weight excluding hydrogens is 486 g/mol. The highest BCUT2D eigenvalue weighted by molar-refractivity contribution is 6.00. The second kappa shape index (κ2) is 9.90. The summed E-state index contributed by atoms with van der Waals surface area (Å²) >= 11 is 0. The van der Waals surface area contributed by atoms with E-state index in [4.69, 9.17) is 4.52 Å². The van der Waals surface area contributed by atoms with E-state index < -0.39 is 5.60 Å². The van der Waals surface area contributed by atoms with Crippen LogP contribution in [0.2, 0.25) is 0 Å². The Kier molecular flexibility index (Phi) is 6.62. The number of rotatable bonds is 7. The molecule has 0 radical (unpaired) electrons. The van der Waals surface area contributed by atoms with Crippen LogP contribution < -0.4 is 15.5 Å². The third-order valence-corrected chi connectivity index (χ3v) is 6.75. The minimum atomic E-state index is -1.22. The Morgan fingerprint density at radius 3 is 2.68 bits per heavy atom. The number of nitrogens with one attached hydrogen (secondary N) is 3. The van der Waals surface area contributed by atoms with E-state index in [1.54, 1.807) is 20.0 Å². The zero-order valence-electron chi connectivity index (χ0n) is 21.8. The van der Waals surface area contributed by atoms with Gasteiger partial charge in [0.05, 0.1) is 11.4 Å². The number of fused-ring (bicyclic) bond motifs is 1. The van der Waals surface area contributed by atoms with E-state index in [0.29, 0.717) is 12.2 Å². The van der Waals surface area contributed by atoms with Crippen LogP contribution in [0.4, 0.5) is 5.82 Å². The summed E-state index contributed by atoms with van der Waals surface area (Å²) in [6, 6.07) is 11.2. The lowest BCUT2D eigenvalue weighted by molar-refractivity contribution is -0.119. The Balaban J connectivity index is 1.34. The summed E-state index contributed by atoms with van der Waals surface area (Å²) in [5, 5.41) is 28.3. The van der Waals surface area contributed by atoms with Gasteiger partial charge in [-0.15, -0.1) is 0 Å². The lowest BCUT2D eigenvalue weighted by Gasteiger charge is -2.17. The summed E-state index contributed by atoms with van der Waals surface area (Å²) < 4.78 is 5.10. The normalized spacial score (nSPS) is 16.6. The maximum atomic E-state index is 12.7. The molecule has 1 aliphatic rings. The van der Waals surface area contributed by atoms with Gasteiger partial charge in [-0.05, 0) is 49.9 Å². The molecule has 11 nitrogen and oxygen atoms in total. The predicted molar refractivity (Wildman–Crippen MR) is 141 cm³/mol. The topological polar surface area (TPSA) is 149 Å². The number of amides is 2. The van der Waals surface area contributed by atoms with E-state index in [0.717, 1.165) is 40.9 Å². The molecular formula is C27H31N7O4. The summed E-state index contributed by atoms with van der Waals surface area (Å²) in [6.07, 6.45) is 2.61. The van der Waals surface area contributed by atoms with E-state index in [1.165, 1.54) is 13.0 Å². The Bertz CT molecular complexity index is 1470. The molecule has 4 heterocycles. The van der Waals surface area contributed by atoms with Crippen LogP contribution in [0.25, 0.3) is 22.2 Å². The molecule has 1 aliphatic heterocycles. The molecule has 2 atom stereocenters. The van der Waals surface area contributed by atoms with Gasteiger partial charge in [-0.3, -0.25) is 14.7 Å². The standard InChI is InChI=1S/C27H31N7O4/c1-15(29-26(36)21-13-22(38-33-21)27(3,4)37)17-5-7-18(8-6-17)20-9-11-28-24-23(20)25(32-31-24)34-12-10-19(14-34)30-16(2)35/h5-9,11,13,15,19,37H,10,12,14H2,1-4H3,(H,29,36)(H,30,35)(H,28,31,32)/t15?,19-/m1/s1. The predicted octanol–water partition coefficient (Wildman–Crippen LogP) is 3.05. The lowest BCUT2D eigenvalue weighted by atomic mass is 9.99. The number of carbonyl (C=O) groups is 2. The van der Waals surface area contributed by atoms with Gasteiger partial charge < -0.3 is 25.2 Å². The number of aromatic nitrogens is 4. The molecule has 0 saturated carbocycles. The molecule has 4 N–H and O–H groups in total. The van der Waals surface area contributed by atoms with Crippen molar-refractivity contribution in [2.24, 2.45) is 0 Å². The van der Waals surface area contributed by atoms with Crippen LogP contribution in [0.3, 0.4) is 0 Å². The molecule has 3 aromatic heterocycles. The molecule has 11 heteroatoms. The SMILES string of the molecule is CC(=O)N[C@@H]1CCN(c2n[nH]c3nccc(-c4ccc(C(C)NC(=O)c5cc(C(C)(C)O)on5)cc4)c23)C1. The molecule has 1 unspecified atom stereocenters. The number of H-pyrrole nitrogens is 1. The average molecular weight is 518 g/mol. The number of nitrogens with zero attached hydrogens (tertiary/aromatic N) is 4. The first kappa shape index (κ1) is 25.4. The van der Waals surface area contributed by atoms with Crippen LogP contribution in [0, 0.1) is 0 Å². The maximum absolute atomic E-state index is 12.7. The highest BCUT2D eigenvalue weighted by Gasteiger charge is 2.28. The first-order valence-electron chi connectivity index (χ1n) is 12.6. The van der Waals surface area contributed by atoms with Crippen molar-refractivity contribution in [1.29, 1.82) is 0 Å². The first-order chi connectivity index (χ1) is 18.1. The van der Waals surface area contributed by atoms with Gasteiger partial charge >= 0.3 is 0 Å². The van der Waals surface area contributed by atoms with Crippen molar-refractivity contribution in [3.05, 3.63) is 59.6 Å². The Labute approximate surface area is 219 Å². The summed E-state index contributed by atoms with van der Waals surface area (Å²) in [7, 11) is 0. The van der Waals surface area contributed by atoms with Crippen LogP contribution in [-0.2, 0) is 10.4 Å². The average Bonchev–Trinajstić information content (AvgIpc) is 3.62. The van der Waals surface area contributed by atoms with Crippen molar-refractivity contribution in [2.45, 2.75) is 51.8 Å². The van der Waals surface area contributed by atoms with Gasteiger partial charge in [0.2, 0.25) is 5.91 Å². The second-order valence-electron chi connectivity index (χ2n) is 10.2. The van der Waals surface area contributed by atoms with Crippen molar-refractivity contribution in [2.75, 3.05) is 18.0 Å². The number of anilines is 1. The molecule has 0 aliphatic carbocycles. The monoisotopic (exact) mass is 517 g/mol. The molecule has 198 valence electrons. The van der Waals surface area contributed by atoms with Crippen LogP contribution >= 0.6 is 0 Å². The number of hydrogen-bond donors (Lipinski definition) is 4. The van der Waals surface area contributed by atoms with E-state index in [1.807, 2.05) is 37.3 Å². The number of aromatic amines is 1. The first-order valence-corrected chi connectivity index (χ1v) is 12.6. The lowest BCUT2D eigenvalue weighted by Crippen LogP contribution is -2.35. The smallest absolute Gasteiger partial charge is 0.273 e. The van der Waals surface area contributed by atoms with E-state index in [-0.39, 0.29) is 35.4 Å². The van der Waals surface area contributed by atoms with Gasteiger partial charge in [0.25, 0.3) is 5.91 Å². The zero-order valence-corrected chi connectivity index (χ0v) is 21.8.